The van der Waals surface area contributed by atoms with Crippen molar-refractivity contribution in [1.82, 2.24) is 15.2 Å². The number of aliphatic hydroxyl groups is 1. The number of pyridine rings is 1. The molecule has 0 spiro atoms. The summed E-state index contributed by atoms with van der Waals surface area (Å²) in [6.45, 7) is 2.27. The minimum atomic E-state index is -0.984. The molecule has 1 aliphatic rings. The minimum absolute atomic E-state index is 0.397. The fourth-order valence-corrected chi connectivity index (χ4v) is 3.87. The first-order valence-corrected chi connectivity index (χ1v) is 9.67. The van der Waals surface area contributed by atoms with Crippen molar-refractivity contribution in [3.63, 3.8) is 0 Å². The smallest absolute Gasteiger partial charge is 0.168 e. The van der Waals surface area contributed by atoms with Gasteiger partial charge in [-0.3, -0.25) is 0 Å². The van der Waals surface area contributed by atoms with Gasteiger partial charge in [-0.05, 0) is 46.6 Å². The van der Waals surface area contributed by atoms with E-state index in [1.807, 2.05) is 24.3 Å². The highest BCUT2D eigenvalue weighted by Crippen LogP contribution is 2.30. The van der Waals surface area contributed by atoms with Crippen LogP contribution in [0.5, 0.6) is 5.75 Å². The van der Waals surface area contributed by atoms with Gasteiger partial charge in [0.1, 0.15) is 16.7 Å². The van der Waals surface area contributed by atoms with Gasteiger partial charge >= 0.3 is 0 Å². The Labute approximate surface area is 176 Å². The van der Waals surface area contributed by atoms with Crippen molar-refractivity contribution in [3.05, 3.63) is 62.9 Å². The van der Waals surface area contributed by atoms with Gasteiger partial charge in [0.25, 0.3) is 0 Å². The maximum atomic E-state index is 11.0. The van der Waals surface area contributed by atoms with Gasteiger partial charge in [0, 0.05) is 18.9 Å². The molecule has 9 heteroatoms. The number of methoxy groups -OCH3 is 1. The molecule has 1 aromatic carbocycles. The Hall–Kier alpha value is -1.67. The number of halogens is 3. The number of ether oxygens (including phenoxy) is 1. The third-order valence-electron chi connectivity index (χ3n) is 4.20. The molecule has 0 saturated heterocycles. The molecule has 2 atom stereocenters. The van der Waals surface area contributed by atoms with E-state index < -0.39 is 11.9 Å². The van der Waals surface area contributed by atoms with E-state index in [4.69, 9.17) is 27.9 Å². The monoisotopic (exact) mass is 472 g/mol. The molecule has 2 heterocycles. The number of hydrogen-bond acceptors (Lipinski definition) is 6. The van der Waals surface area contributed by atoms with Crippen molar-refractivity contribution in [2.75, 3.05) is 12.4 Å². The molecule has 0 amide bonds. The first-order chi connectivity index (χ1) is 12.8. The zero-order valence-electron chi connectivity index (χ0n) is 14.7. The molecule has 0 bridgehead atoms. The number of nitrogens with zero attached hydrogens (tertiary/aromatic N) is 2. The van der Waals surface area contributed by atoms with Crippen LogP contribution >= 0.6 is 39.1 Å². The van der Waals surface area contributed by atoms with Crippen molar-refractivity contribution in [2.24, 2.45) is 0 Å². The van der Waals surface area contributed by atoms with Gasteiger partial charge in [-0.2, -0.15) is 0 Å². The van der Waals surface area contributed by atoms with Crippen LogP contribution in [-0.4, -0.2) is 34.0 Å². The lowest BCUT2D eigenvalue weighted by atomic mass is 10.1. The highest BCUT2D eigenvalue weighted by molar-refractivity contribution is 9.10. The Morgan fingerprint density at radius 3 is 2.70 bits per heavy atom. The molecule has 3 N–H and O–H groups in total. The van der Waals surface area contributed by atoms with E-state index in [0.29, 0.717) is 27.0 Å². The second-order valence-electron chi connectivity index (χ2n) is 6.31. The van der Waals surface area contributed by atoms with Crippen LogP contribution in [0.15, 0.2) is 52.4 Å². The summed E-state index contributed by atoms with van der Waals surface area (Å²) in [4.78, 5) is 6.02. The van der Waals surface area contributed by atoms with E-state index in [-0.39, 0.29) is 0 Å². The number of nitrogens with one attached hydrogen (secondary N) is 2. The molecule has 2 unspecified atom stereocenters. The number of hydrogen-bond donors (Lipinski definition) is 3. The fraction of sp³-hybridized carbons (Fsp3) is 0.278. The Morgan fingerprint density at radius 2 is 2.07 bits per heavy atom. The zero-order valence-corrected chi connectivity index (χ0v) is 17.8. The molecule has 144 valence electrons. The lowest BCUT2D eigenvalue weighted by Crippen LogP contribution is -2.64. The van der Waals surface area contributed by atoms with Gasteiger partial charge in [0.15, 0.2) is 11.9 Å². The Bertz CT molecular complexity index is 850. The van der Waals surface area contributed by atoms with Crippen molar-refractivity contribution in [2.45, 2.75) is 25.4 Å². The molecule has 1 aromatic heterocycles. The lowest BCUT2D eigenvalue weighted by molar-refractivity contribution is -0.0346. The number of anilines is 1. The Morgan fingerprint density at radius 1 is 1.37 bits per heavy atom. The highest BCUT2D eigenvalue weighted by Gasteiger charge is 2.40. The summed E-state index contributed by atoms with van der Waals surface area (Å²) in [6.07, 6.45) is 2.27. The van der Waals surface area contributed by atoms with Gasteiger partial charge in [-0.1, -0.05) is 35.3 Å². The molecule has 0 aliphatic carbocycles. The summed E-state index contributed by atoms with van der Waals surface area (Å²) in [5.74, 6) is 1.31. The first-order valence-electron chi connectivity index (χ1n) is 8.12. The number of aliphatic hydroxyl groups excluding tert-OH is 1. The molecule has 0 saturated carbocycles. The van der Waals surface area contributed by atoms with E-state index >= 15 is 0 Å². The summed E-state index contributed by atoms with van der Waals surface area (Å²) < 4.78 is 5.86. The van der Waals surface area contributed by atoms with Crippen LogP contribution in [0, 0.1) is 0 Å². The van der Waals surface area contributed by atoms with Crippen molar-refractivity contribution in [1.29, 1.82) is 0 Å². The molecule has 0 fully saturated rings. The maximum absolute atomic E-state index is 11.0. The SMILES string of the molecule is COc1ccc(CN2C=C(Cl)NC(C)(Nc3ncc(Cl)cc3Br)C2O)cc1. The third kappa shape index (κ3) is 4.60. The predicted octanol–water partition coefficient (Wildman–Crippen LogP) is 4.10. The molecule has 3 rings (SSSR count). The van der Waals surface area contributed by atoms with Crippen molar-refractivity contribution < 1.29 is 9.84 Å². The van der Waals surface area contributed by atoms with E-state index in [2.05, 4.69) is 31.5 Å². The van der Waals surface area contributed by atoms with Gasteiger partial charge in [0.2, 0.25) is 0 Å². The van der Waals surface area contributed by atoms with Gasteiger partial charge in [-0.25, -0.2) is 4.98 Å². The molecule has 0 radical (unpaired) electrons. The van der Waals surface area contributed by atoms with Crippen molar-refractivity contribution >= 4 is 44.9 Å². The number of benzene rings is 1. The van der Waals surface area contributed by atoms with Gasteiger partial charge < -0.3 is 25.4 Å². The topological polar surface area (TPSA) is 69.7 Å². The Balaban J connectivity index is 1.81. The number of rotatable bonds is 5. The van der Waals surface area contributed by atoms with Crippen LogP contribution < -0.4 is 15.4 Å². The summed E-state index contributed by atoms with van der Waals surface area (Å²) in [7, 11) is 1.62. The van der Waals surface area contributed by atoms with E-state index in [1.165, 1.54) is 6.20 Å². The molecular formula is C18H19BrCl2N4O2. The van der Waals surface area contributed by atoms with Crippen LogP contribution in [0.3, 0.4) is 0 Å². The van der Waals surface area contributed by atoms with Gasteiger partial charge in [0.05, 0.1) is 16.6 Å². The van der Waals surface area contributed by atoms with Crippen LogP contribution in [0.1, 0.15) is 12.5 Å². The van der Waals surface area contributed by atoms with E-state index in [9.17, 15) is 5.11 Å². The summed E-state index contributed by atoms with van der Waals surface area (Å²) in [5, 5.41) is 18.2. The predicted molar refractivity (Wildman–Crippen MR) is 111 cm³/mol. The van der Waals surface area contributed by atoms with E-state index in [1.54, 1.807) is 31.2 Å². The third-order valence-corrected chi connectivity index (χ3v) is 5.20. The molecule has 1 aliphatic heterocycles. The second kappa shape index (κ2) is 8.14. The van der Waals surface area contributed by atoms with Crippen LogP contribution in [0.4, 0.5) is 5.82 Å². The fourth-order valence-electron chi connectivity index (χ4n) is 2.81. The van der Waals surface area contributed by atoms with Crippen LogP contribution in [0.2, 0.25) is 5.02 Å². The largest absolute Gasteiger partial charge is 0.497 e. The van der Waals surface area contributed by atoms with Crippen LogP contribution in [0.25, 0.3) is 0 Å². The zero-order chi connectivity index (χ0) is 19.6. The minimum Gasteiger partial charge on any atom is -0.497 e. The Kier molecular flexibility index (Phi) is 6.05. The lowest BCUT2D eigenvalue weighted by Gasteiger charge is -2.45. The van der Waals surface area contributed by atoms with Crippen molar-refractivity contribution in [3.8, 4) is 5.75 Å². The summed E-state index contributed by atoms with van der Waals surface area (Å²) in [6, 6.07) is 9.36. The maximum Gasteiger partial charge on any atom is 0.168 e. The number of aromatic nitrogens is 1. The normalized spacial score (nSPS) is 22.1. The first kappa shape index (κ1) is 20.1. The molecule has 2 aromatic rings. The second-order valence-corrected chi connectivity index (χ2v) is 8.01. The highest BCUT2D eigenvalue weighted by atomic mass is 79.9. The molecule has 27 heavy (non-hydrogen) atoms. The standard InChI is InChI=1S/C18H19BrCl2N4O2/c1-18(24-16-14(19)7-12(20)8-22-16)17(26)25(10-15(21)23-18)9-11-3-5-13(27-2)6-4-11/h3-8,10,17,23,26H,9H2,1-2H3,(H,22,24). The van der Waals surface area contributed by atoms with Crippen LogP contribution in [-0.2, 0) is 6.54 Å². The summed E-state index contributed by atoms with van der Waals surface area (Å²) in [5.41, 5.74) is 0.0207. The average Bonchev–Trinajstić information content (AvgIpc) is 2.62. The molecular weight excluding hydrogens is 455 g/mol. The quantitative estimate of drug-likeness (QED) is 0.568. The summed E-state index contributed by atoms with van der Waals surface area (Å²) >= 11 is 15.7. The average molecular weight is 474 g/mol. The van der Waals surface area contributed by atoms with Gasteiger partial charge in [-0.15, -0.1) is 0 Å². The van der Waals surface area contributed by atoms with E-state index in [0.717, 1.165) is 11.3 Å². The molecule has 6 nitrogen and oxygen atoms in total.